The number of carbonyl (C=O) groups is 1. The van der Waals surface area contributed by atoms with Gasteiger partial charge in [-0.1, -0.05) is 24.3 Å². The van der Waals surface area contributed by atoms with Gasteiger partial charge in [0.1, 0.15) is 6.54 Å². The van der Waals surface area contributed by atoms with Crippen LogP contribution >= 0.6 is 0 Å². The average Bonchev–Trinajstić information content (AvgIpc) is 2.82. The fourth-order valence-corrected chi connectivity index (χ4v) is 3.48. The molecule has 0 aliphatic carbocycles. The largest absolute Gasteiger partial charge is 0.365 e. The number of nitrogens with one attached hydrogen (secondary N) is 2. The van der Waals surface area contributed by atoms with Gasteiger partial charge < -0.3 is 10.6 Å². The molecular weight excluding hydrogens is 404 g/mol. The van der Waals surface area contributed by atoms with Crippen LogP contribution in [0.5, 0.6) is 0 Å². The van der Waals surface area contributed by atoms with Crippen molar-refractivity contribution in [3.8, 4) is 0 Å². The van der Waals surface area contributed by atoms with Crippen LogP contribution < -0.4 is 16.2 Å². The molecule has 32 heavy (non-hydrogen) atoms. The van der Waals surface area contributed by atoms with E-state index in [1.807, 2.05) is 42.5 Å². The monoisotopic (exact) mass is 428 g/mol. The third-order valence-corrected chi connectivity index (χ3v) is 5.20. The quantitative estimate of drug-likeness (QED) is 0.447. The van der Waals surface area contributed by atoms with Crippen LogP contribution in [0.4, 0.5) is 5.82 Å². The summed E-state index contributed by atoms with van der Waals surface area (Å²) in [5.41, 5.74) is 2.22. The van der Waals surface area contributed by atoms with E-state index in [9.17, 15) is 9.59 Å². The summed E-state index contributed by atoms with van der Waals surface area (Å²) in [5, 5.41) is 8.02. The number of benzene rings is 1. The van der Waals surface area contributed by atoms with Gasteiger partial charge in [-0.3, -0.25) is 24.1 Å². The topological polar surface area (TPSA) is 102 Å². The third-order valence-electron chi connectivity index (χ3n) is 5.20. The van der Waals surface area contributed by atoms with Gasteiger partial charge in [0.15, 0.2) is 5.82 Å². The van der Waals surface area contributed by atoms with Gasteiger partial charge in [0.2, 0.25) is 5.91 Å². The summed E-state index contributed by atoms with van der Waals surface area (Å²) >= 11 is 0. The van der Waals surface area contributed by atoms with E-state index >= 15 is 0 Å². The Balaban J connectivity index is 1.40. The number of aromatic nitrogens is 4. The Hall–Kier alpha value is -4.07. The summed E-state index contributed by atoms with van der Waals surface area (Å²) in [6.45, 7) is 2.57. The standard InChI is InChI=1S/C24H24N6O2/c1-17-13-29-23(27-12-8-20-7-2-3-10-26-20)24(32)30(17)16-22(31)28-15-19-6-4-5-18-14-25-11-9-21(18)19/h2-7,9-11,13-14H,8,12,15-16H2,1H3,(H,27,29)(H,28,31). The first-order valence-electron chi connectivity index (χ1n) is 10.4. The molecule has 3 aromatic heterocycles. The van der Waals surface area contributed by atoms with Crippen molar-refractivity contribution >= 4 is 22.5 Å². The number of nitrogens with zero attached hydrogens (tertiary/aromatic N) is 4. The highest BCUT2D eigenvalue weighted by Crippen LogP contribution is 2.17. The molecule has 1 amide bonds. The highest BCUT2D eigenvalue weighted by molar-refractivity contribution is 5.85. The summed E-state index contributed by atoms with van der Waals surface area (Å²) in [6.07, 6.45) is 7.52. The number of amides is 1. The molecule has 0 radical (unpaired) electrons. The smallest absolute Gasteiger partial charge is 0.293 e. The minimum atomic E-state index is -0.322. The Kier molecular flexibility index (Phi) is 6.50. The molecular formula is C24H24N6O2. The summed E-state index contributed by atoms with van der Waals surface area (Å²) in [7, 11) is 0. The van der Waals surface area contributed by atoms with Crippen LogP contribution in [-0.2, 0) is 24.3 Å². The molecule has 1 aromatic carbocycles. The van der Waals surface area contributed by atoms with E-state index in [1.54, 1.807) is 31.7 Å². The van der Waals surface area contributed by atoms with Gasteiger partial charge in [0.05, 0.1) is 0 Å². The number of hydrogen-bond acceptors (Lipinski definition) is 6. The number of hydrogen-bond donors (Lipinski definition) is 2. The van der Waals surface area contributed by atoms with Crippen molar-refractivity contribution in [2.24, 2.45) is 0 Å². The maximum Gasteiger partial charge on any atom is 0.293 e. The highest BCUT2D eigenvalue weighted by Gasteiger charge is 2.12. The van der Waals surface area contributed by atoms with Crippen molar-refractivity contribution in [3.63, 3.8) is 0 Å². The molecule has 0 aliphatic heterocycles. The van der Waals surface area contributed by atoms with Crippen molar-refractivity contribution < 1.29 is 4.79 Å². The maximum absolute atomic E-state index is 12.9. The second kappa shape index (κ2) is 9.82. The maximum atomic E-state index is 12.9. The Morgan fingerprint density at radius 2 is 1.94 bits per heavy atom. The van der Waals surface area contributed by atoms with Crippen LogP contribution in [0.15, 0.2) is 72.0 Å². The van der Waals surface area contributed by atoms with Crippen molar-refractivity contribution in [3.05, 3.63) is 94.6 Å². The SMILES string of the molecule is Cc1cnc(NCCc2ccccn2)c(=O)n1CC(=O)NCc1cccc2cnccc12. The Bertz CT molecular complexity index is 1280. The fourth-order valence-electron chi connectivity index (χ4n) is 3.48. The van der Waals surface area contributed by atoms with Crippen molar-refractivity contribution in [1.29, 1.82) is 0 Å². The van der Waals surface area contributed by atoms with Crippen LogP contribution in [0.25, 0.3) is 10.8 Å². The van der Waals surface area contributed by atoms with Crippen molar-refractivity contribution in [2.75, 3.05) is 11.9 Å². The van der Waals surface area contributed by atoms with Crippen LogP contribution in [0, 0.1) is 6.92 Å². The van der Waals surface area contributed by atoms with Crippen molar-refractivity contribution in [1.82, 2.24) is 24.8 Å². The van der Waals surface area contributed by atoms with Gasteiger partial charge in [-0.25, -0.2) is 4.98 Å². The minimum Gasteiger partial charge on any atom is -0.365 e. The fraction of sp³-hybridized carbons (Fsp3) is 0.208. The van der Waals surface area contributed by atoms with Crippen LogP contribution in [-0.4, -0.2) is 32.0 Å². The first-order valence-corrected chi connectivity index (χ1v) is 10.4. The van der Waals surface area contributed by atoms with E-state index in [0.717, 1.165) is 22.0 Å². The van der Waals surface area contributed by atoms with E-state index in [1.165, 1.54) is 4.57 Å². The highest BCUT2D eigenvalue weighted by atomic mass is 16.2. The molecule has 0 saturated carbocycles. The average molecular weight is 428 g/mol. The van der Waals surface area contributed by atoms with Gasteiger partial charge in [0, 0.05) is 61.1 Å². The summed E-state index contributed by atoms with van der Waals surface area (Å²) in [6, 6.07) is 13.5. The number of anilines is 1. The number of pyridine rings is 2. The molecule has 0 aliphatic rings. The predicted octanol–water partition coefficient (Wildman–Crippen LogP) is 2.47. The van der Waals surface area contributed by atoms with E-state index in [4.69, 9.17) is 0 Å². The normalized spacial score (nSPS) is 10.8. The number of fused-ring (bicyclic) bond motifs is 1. The van der Waals surface area contributed by atoms with Crippen LogP contribution in [0.2, 0.25) is 0 Å². The first kappa shape index (κ1) is 21.2. The van der Waals surface area contributed by atoms with E-state index in [-0.39, 0.29) is 23.8 Å². The second-order valence-electron chi connectivity index (χ2n) is 7.43. The molecule has 0 unspecified atom stereocenters. The molecule has 0 bridgehead atoms. The molecule has 0 spiro atoms. The van der Waals surface area contributed by atoms with Gasteiger partial charge in [-0.2, -0.15) is 0 Å². The van der Waals surface area contributed by atoms with Crippen LogP contribution in [0.3, 0.4) is 0 Å². The van der Waals surface area contributed by atoms with E-state index in [0.29, 0.717) is 25.2 Å². The van der Waals surface area contributed by atoms with Crippen molar-refractivity contribution in [2.45, 2.75) is 26.4 Å². The second-order valence-corrected chi connectivity index (χ2v) is 7.43. The molecule has 0 fully saturated rings. The lowest BCUT2D eigenvalue weighted by Gasteiger charge is -2.13. The lowest BCUT2D eigenvalue weighted by molar-refractivity contribution is -0.121. The summed E-state index contributed by atoms with van der Waals surface area (Å²) in [4.78, 5) is 38.1. The molecule has 162 valence electrons. The molecule has 4 rings (SSSR count). The minimum absolute atomic E-state index is 0.0750. The third kappa shape index (κ3) is 4.97. The number of aryl methyl sites for hydroxylation is 1. The lowest BCUT2D eigenvalue weighted by atomic mass is 10.1. The van der Waals surface area contributed by atoms with Gasteiger partial charge in [-0.05, 0) is 36.1 Å². The van der Waals surface area contributed by atoms with Gasteiger partial charge in [0.25, 0.3) is 5.56 Å². The first-order chi connectivity index (χ1) is 15.6. The number of carbonyl (C=O) groups excluding carboxylic acids is 1. The van der Waals surface area contributed by atoms with E-state index < -0.39 is 0 Å². The summed E-state index contributed by atoms with van der Waals surface area (Å²) < 4.78 is 1.43. The molecule has 2 N–H and O–H groups in total. The Labute approximate surface area is 185 Å². The van der Waals surface area contributed by atoms with E-state index in [2.05, 4.69) is 25.6 Å². The lowest BCUT2D eigenvalue weighted by Crippen LogP contribution is -2.34. The molecule has 4 aromatic rings. The predicted molar refractivity (Wildman–Crippen MR) is 123 cm³/mol. The Morgan fingerprint density at radius 3 is 2.78 bits per heavy atom. The zero-order valence-electron chi connectivity index (χ0n) is 17.8. The molecule has 8 nitrogen and oxygen atoms in total. The molecule has 0 atom stereocenters. The van der Waals surface area contributed by atoms with Gasteiger partial charge >= 0.3 is 0 Å². The molecule has 3 heterocycles. The number of rotatable bonds is 8. The molecule has 0 saturated heterocycles. The van der Waals surface area contributed by atoms with Crippen LogP contribution in [0.1, 0.15) is 17.0 Å². The Morgan fingerprint density at radius 1 is 1.03 bits per heavy atom. The molecule has 8 heteroatoms. The zero-order chi connectivity index (χ0) is 22.3. The van der Waals surface area contributed by atoms with Gasteiger partial charge in [-0.15, -0.1) is 0 Å². The summed E-state index contributed by atoms with van der Waals surface area (Å²) in [5.74, 6) is -0.0206. The zero-order valence-corrected chi connectivity index (χ0v) is 17.8.